The third-order valence-corrected chi connectivity index (χ3v) is 2.13. The van der Waals surface area contributed by atoms with E-state index >= 15 is 0 Å². The molecule has 4 N–H and O–H groups in total. The number of benzene rings is 2. The summed E-state index contributed by atoms with van der Waals surface area (Å²) in [6.07, 6.45) is 0. The Kier molecular flexibility index (Phi) is 2.92. The Morgan fingerprint density at radius 1 is 1.00 bits per heavy atom. The predicted octanol–water partition coefficient (Wildman–Crippen LogP) is 1.42. The third-order valence-electron chi connectivity index (χ3n) is 2.13. The zero-order valence-electron chi connectivity index (χ0n) is 7.77. The average Bonchev–Trinajstić information content (AvgIpc) is 2.18. The molecule has 0 unspecified atom stereocenters. The van der Waals surface area contributed by atoms with E-state index in [1.807, 2.05) is 0 Å². The number of fused-ring (bicyclic) bond motifs is 1. The Labute approximate surface area is 85.7 Å². The number of hydrogen-bond acceptors (Lipinski definition) is 2. The largest absolute Gasteiger partial charge is 0.507 e. The highest BCUT2D eigenvalue weighted by atomic mass is 16.4. The van der Waals surface area contributed by atoms with Gasteiger partial charge in [-0.15, -0.1) is 0 Å². The quantitative estimate of drug-likeness (QED) is 0.739. The third kappa shape index (κ3) is 1.75. The lowest BCUT2D eigenvalue weighted by molar-refractivity contribution is 0.0699. The van der Waals surface area contributed by atoms with Crippen molar-refractivity contribution in [3.05, 3.63) is 42.0 Å². The molecule has 78 valence electrons. The van der Waals surface area contributed by atoms with E-state index in [2.05, 4.69) is 0 Å². The molecule has 0 saturated heterocycles. The standard InChI is InChI=1S/C11H8O3.H2O/c12-10-6-5-9(11(13)14)7-3-1-2-4-8(7)10;/h1-6,12H,(H,13,14);1H2. The van der Waals surface area contributed by atoms with Crippen LogP contribution in [0.15, 0.2) is 36.4 Å². The summed E-state index contributed by atoms with van der Waals surface area (Å²) in [6.45, 7) is 0. The molecule has 4 heteroatoms. The van der Waals surface area contributed by atoms with Crippen LogP contribution < -0.4 is 0 Å². The van der Waals surface area contributed by atoms with Gasteiger partial charge in [0.2, 0.25) is 0 Å². The first-order valence-corrected chi connectivity index (χ1v) is 4.14. The van der Waals surface area contributed by atoms with Crippen LogP contribution >= 0.6 is 0 Å². The van der Waals surface area contributed by atoms with Crippen molar-refractivity contribution < 1.29 is 20.5 Å². The van der Waals surface area contributed by atoms with Crippen LogP contribution in [0.4, 0.5) is 0 Å². The van der Waals surface area contributed by atoms with Crippen molar-refractivity contribution >= 4 is 16.7 Å². The second kappa shape index (κ2) is 3.98. The van der Waals surface area contributed by atoms with Crippen molar-refractivity contribution in [1.29, 1.82) is 0 Å². The number of aromatic carboxylic acids is 1. The van der Waals surface area contributed by atoms with Crippen molar-refractivity contribution in [2.45, 2.75) is 0 Å². The lowest BCUT2D eigenvalue weighted by atomic mass is 10.0. The lowest BCUT2D eigenvalue weighted by Gasteiger charge is -2.03. The molecule has 2 aromatic carbocycles. The van der Waals surface area contributed by atoms with Gasteiger partial charge in [-0.25, -0.2) is 4.79 Å². The molecule has 2 aromatic rings. The highest BCUT2D eigenvalue weighted by molar-refractivity contribution is 6.05. The van der Waals surface area contributed by atoms with Gasteiger partial charge in [0, 0.05) is 5.39 Å². The highest BCUT2D eigenvalue weighted by Gasteiger charge is 2.09. The van der Waals surface area contributed by atoms with Crippen LogP contribution in [0.1, 0.15) is 10.4 Å². The Hall–Kier alpha value is -2.07. The van der Waals surface area contributed by atoms with Crippen LogP contribution in [0.25, 0.3) is 10.8 Å². The Morgan fingerprint density at radius 3 is 2.20 bits per heavy atom. The molecule has 4 nitrogen and oxygen atoms in total. The van der Waals surface area contributed by atoms with Crippen molar-refractivity contribution in [1.82, 2.24) is 0 Å². The predicted molar refractivity (Wildman–Crippen MR) is 56.2 cm³/mol. The zero-order chi connectivity index (χ0) is 10.1. The number of carboxylic acid groups (broad SMARTS) is 1. The fraction of sp³-hybridized carbons (Fsp3) is 0. The summed E-state index contributed by atoms with van der Waals surface area (Å²) in [4.78, 5) is 10.8. The summed E-state index contributed by atoms with van der Waals surface area (Å²) in [5.41, 5.74) is 0.207. The van der Waals surface area contributed by atoms with Gasteiger partial charge in [-0.1, -0.05) is 24.3 Å². The molecule has 0 radical (unpaired) electrons. The topological polar surface area (TPSA) is 89.0 Å². The van der Waals surface area contributed by atoms with E-state index in [4.69, 9.17) is 5.11 Å². The molecule has 0 saturated carbocycles. The van der Waals surface area contributed by atoms with Crippen LogP contribution in [0, 0.1) is 0 Å². The van der Waals surface area contributed by atoms with Gasteiger partial charge in [0.25, 0.3) is 0 Å². The summed E-state index contributed by atoms with van der Waals surface area (Å²) in [5, 5.41) is 19.5. The van der Waals surface area contributed by atoms with Gasteiger partial charge in [0.15, 0.2) is 0 Å². The van der Waals surface area contributed by atoms with Crippen LogP contribution in [-0.4, -0.2) is 21.7 Å². The van der Waals surface area contributed by atoms with E-state index in [1.54, 1.807) is 24.3 Å². The monoisotopic (exact) mass is 206 g/mol. The summed E-state index contributed by atoms with van der Waals surface area (Å²) in [6, 6.07) is 9.67. The normalized spacial score (nSPS) is 9.60. The number of carbonyl (C=O) groups is 1. The van der Waals surface area contributed by atoms with E-state index in [9.17, 15) is 9.90 Å². The fourth-order valence-electron chi connectivity index (χ4n) is 1.47. The molecule has 0 spiro atoms. The van der Waals surface area contributed by atoms with E-state index in [1.165, 1.54) is 12.1 Å². The smallest absolute Gasteiger partial charge is 0.336 e. The molecule has 0 fully saturated rings. The van der Waals surface area contributed by atoms with Crippen molar-refractivity contribution in [3.63, 3.8) is 0 Å². The number of carboxylic acids is 1. The van der Waals surface area contributed by atoms with Crippen molar-refractivity contribution in [2.24, 2.45) is 0 Å². The number of phenolic OH excluding ortho intramolecular Hbond substituents is 1. The minimum atomic E-state index is -0.985. The lowest BCUT2D eigenvalue weighted by Crippen LogP contribution is -1.96. The summed E-state index contributed by atoms with van der Waals surface area (Å²) in [5.74, 6) is -0.883. The molecule has 15 heavy (non-hydrogen) atoms. The number of hydrogen-bond donors (Lipinski definition) is 2. The summed E-state index contributed by atoms with van der Waals surface area (Å²) < 4.78 is 0. The average molecular weight is 206 g/mol. The zero-order valence-corrected chi connectivity index (χ0v) is 7.77. The molecule has 0 aromatic heterocycles. The van der Waals surface area contributed by atoms with Gasteiger partial charge in [-0.05, 0) is 17.5 Å². The maximum absolute atomic E-state index is 10.8. The molecule has 2 rings (SSSR count). The van der Waals surface area contributed by atoms with Gasteiger partial charge < -0.3 is 15.7 Å². The van der Waals surface area contributed by atoms with E-state index in [0.717, 1.165) is 0 Å². The van der Waals surface area contributed by atoms with Gasteiger partial charge in [-0.2, -0.15) is 0 Å². The first kappa shape index (κ1) is 11.0. The number of phenols is 1. The number of rotatable bonds is 1. The summed E-state index contributed by atoms with van der Waals surface area (Å²) >= 11 is 0. The first-order valence-electron chi connectivity index (χ1n) is 4.14. The molecule has 0 amide bonds. The fourth-order valence-corrected chi connectivity index (χ4v) is 1.47. The molecular weight excluding hydrogens is 196 g/mol. The molecule has 0 aliphatic heterocycles. The van der Waals surface area contributed by atoms with Gasteiger partial charge in [-0.3, -0.25) is 0 Å². The van der Waals surface area contributed by atoms with Crippen LogP contribution in [0.2, 0.25) is 0 Å². The minimum absolute atomic E-state index is 0. The summed E-state index contributed by atoms with van der Waals surface area (Å²) in [7, 11) is 0. The highest BCUT2D eigenvalue weighted by Crippen LogP contribution is 2.27. The van der Waals surface area contributed by atoms with Crippen LogP contribution in [-0.2, 0) is 0 Å². The van der Waals surface area contributed by atoms with E-state index < -0.39 is 5.97 Å². The minimum Gasteiger partial charge on any atom is -0.507 e. The van der Waals surface area contributed by atoms with E-state index in [0.29, 0.717) is 10.8 Å². The maximum atomic E-state index is 10.8. The van der Waals surface area contributed by atoms with Gasteiger partial charge >= 0.3 is 5.97 Å². The molecule has 0 aliphatic carbocycles. The molecular formula is C11H10O4. The Balaban J connectivity index is 0.00000112. The Morgan fingerprint density at radius 2 is 1.60 bits per heavy atom. The molecule has 0 bridgehead atoms. The first-order chi connectivity index (χ1) is 6.70. The molecule has 0 aliphatic rings. The second-order valence-electron chi connectivity index (χ2n) is 2.98. The molecule has 0 atom stereocenters. The van der Waals surface area contributed by atoms with E-state index in [-0.39, 0.29) is 16.8 Å². The maximum Gasteiger partial charge on any atom is 0.336 e. The molecule has 0 heterocycles. The second-order valence-corrected chi connectivity index (χ2v) is 2.98. The SMILES string of the molecule is O.O=C(O)c1ccc(O)c2ccccc12. The van der Waals surface area contributed by atoms with Crippen molar-refractivity contribution in [3.8, 4) is 5.75 Å². The van der Waals surface area contributed by atoms with Gasteiger partial charge in [0.05, 0.1) is 5.56 Å². The van der Waals surface area contributed by atoms with Crippen molar-refractivity contribution in [2.75, 3.05) is 0 Å². The van der Waals surface area contributed by atoms with Crippen LogP contribution in [0.5, 0.6) is 5.75 Å². The number of aromatic hydroxyl groups is 1. The van der Waals surface area contributed by atoms with Gasteiger partial charge in [0.1, 0.15) is 5.75 Å². The van der Waals surface area contributed by atoms with Crippen LogP contribution in [0.3, 0.4) is 0 Å². The Bertz CT molecular complexity index is 505.